The second-order valence-electron chi connectivity index (χ2n) is 4.93. The molecule has 2 heterocycles. The second-order valence-corrected chi connectivity index (χ2v) is 4.93. The maximum Gasteiger partial charge on any atom is 0.0257 e. The molecule has 2 aliphatic heterocycles. The topological polar surface area (TPSA) is 61.8 Å². The van der Waals surface area contributed by atoms with Gasteiger partial charge in [-0.25, -0.2) is 5.01 Å². The van der Waals surface area contributed by atoms with E-state index in [-0.39, 0.29) is 0 Å². The van der Waals surface area contributed by atoms with E-state index in [2.05, 4.69) is 9.80 Å². The van der Waals surface area contributed by atoms with Crippen LogP contribution in [0, 0.1) is 0 Å². The van der Waals surface area contributed by atoms with Crippen LogP contribution in [-0.2, 0) is 0 Å². The van der Waals surface area contributed by atoms with Crippen LogP contribution in [0.2, 0.25) is 0 Å². The maximum absolute atomic E-state index is 5.77. The van der Waals surface area contributed by atoms with Crippen LogP contribution in [0.3, 0.4) is 0 Å². The van der Waals surface area contributed by atoms with Gasteiger partial charge >= 0.3 is 0 Å². The van der Waals surface area contributed by atoms with Gasteiger partial charge in [0.25, 0.3) is 0 Å². The Morgan fingerprint density at radius 2 is 1.56 bits per heavy atom. The molecule has 0 atom stereocenters. The average molecular weight is 227 g/mol. The van der Waals surface area contributed by atoms with Gasteiger partial charge in [0.1, 0.15) is 0 Å². The van der Waals surface area contributed by atoms with Gasteiger partial charge < -0.3 is 10.6 Å². The minimum absolute atomic E-state index is 0.780. The highest BCUT2D eigenvalue weighted by Crippen LogP contribution is 2.17. The Kier molecular flexibility index (Phi) is 4.55. The highest BCUT2D eigenvalue weighted by molar-refractivity contribution is 4.82. The van der Waals surface area contributed by atoms with E-state index in [4.69, 9.17) is 11.6 Å². The monoisotopic (exact) mass is 227 g/mol. The number of piperazine rings is 1. The fourth-order valence-electron chi connectivity index (χ4n) is 2.79. The number of hydrogen-bond donors (Lipinski definition) is 2. The third kappa shape index (κ3) is 3.15. The minimum atomic E-state index is 0.780. The molecule has 0 amide bonds. The van der Waals surface area contributed by atoms with Gasteiger partial charge in [-0.15, -0.1) is 0 Å². The molecule has 5 nitrogen and oxygen atoms in total. The van der Waals surface area contributed by atoms with E-state index in [1.165, 1.54) is 25.9 Å². The third-order valence-electron chi connectivity index (χ3n) is 3.87. The largest absolute Gasteiger partial charge is 0.329 e. The Hall–Kier alpha value is -0.200. The molecule has 0 aromatic rings. The lowest BCUT2D eigenvalue weighted by Crippen LogP contribution is -2.55. The van der Waals surface area contributed by atoms with Crippen LogP contribution in [0.4, 0.5) is 0 Å². The first-order valence-electron chi connectivity index (χ1n) is 6.45. The molecule has 2 aliphatic rings. The summed E-state index contributed by atoms with van der Waals surface area (Å²) in [6.07, 6.45) is 2.59. The Morgan fingerprint density at radius 1 is 0.938 bits per heavy atom. The first-order valence-corrected chi connectivity index (χ1v) is 6.45. The molecule has 0 aromatic heterocycles. The summed E-state index contributed by atoms with van der Waals surface area (Å²) < 4.78 is 0. The van der Waals surface area contributed by atoms with Crippen molar-refractivity contribution in [3.63, 3.8) is 0 Å². The maximum atomic E-state index is 5.77. The van der Waals surface area contributed by atoms with E-state index in [1.54, 1.807) is 0 Å². The summed E-state index contributed by atoms with van der Waals surface area (Å²) in [6.45, 7) is 8.58. The molecule has 0 aromatic carbocycles. The Morgan fingerprint density at radius 3 is 2.12 bits per heavy atom. The summed E-state index contributed by atoms with van der Waals surface area (Å²) in [6, 6.07) is 0.780. The summed E-state index contributed by atoms with van der Waals surface area (Å²) in [5, 5.41) is 1.93. The number of likely N-dealkylation sites (tertiary alicyclic amines) is 1. The van der Waals surface area contributed by atoms with Gasteiger partial charge in [0.05, 0.1) is 0 Å². The van der Waals surface area contributed by atoms with Gasteiger partial charge in [0.15, 0.2) is 0 Å². The molecular formula is C11H25N5. The van der Waals surface area contributed by atoms with Gasteiger partial charge in [-0.2, -0.15) is 0 Å². The van der Waals surface area contributed by atoms with E-state index in [1.807, 2.05) is 5.01 Å². The van der Waals surface area contributed by atoms with Crippen LogP contribution < -0.4 is 11.6 Å². The highest BCUT2D eigenvalue weighted by atomic mass is 15.4. The molecule has 0 radical (unpaired) electrons. The van der Waals surface area contributed by atoms with E-state index in [9.17, 15) is 0 Å². The van der Waals surface area contributed by atoms with Crippen LogP contribution in [0.5, 0.6) is 0 Å². The molecule has 94 valence electrons. The number of hydrogen-bond acceptors (Lipinski definition) is 5. The van der Waals surface area contributed by atoms with Crippen molar-refractivity contribution in [3.05, 3.63) is 0 Å². The molecule has 5 heteroatoms. The smallest absolute Gasteiger partial charge is 0.0257 e. The van der Waals surface area contributed by atoms with Gasteiger partial charge in [-0.1, -0.05) is 0 Å². The molecular weight excluding hydrogens is 202 g/mol. The fraction of sp³-hybridized carbons (Fsp3) is 1.00. The van der Waals surface area contributed by atoms with Crippen molar-refractivity contribution in [1.82, 2.24) is 14.8 Å². The zero-order valence-electron chi connectivity index (χ0n) is 10.1. The molecule has 0 bridgehead atoms. The number of rotatable bonds is 3. The van der Waals surface area contributed by atoms with Crippen LogP contribution in [-0.4, -0.2) is 73.2 Å². The normalized spacial score (nSPS) is 27.4. The summed E-state index contributed by atoms with van der Waals surface area (Å²) in [4.78, 5) is 5.10. The summed E-state index contributed by atoms with van der Waals surface area (Å²) in [7, 11) is 0. The minimum Gasteiger partial charge on any atom is -0.329 e. The van der Waals surface area contributed by atoms with Crippen molar-refractivity contribution in [3.8, 4) is 0 Å². The molecule has 2 fully saturated rings. The molecule has 0 spiro atoms. The number of piperidine rings is 1. The van der Waals surface area contributed by atoms with Gasteiger partial charge in [-0.3, -0.25) is 10.7 Å². The van der Waals surface area contributed by atoms with E-state index < -0.39 is 0 Å². The molecule has 0 unspecified atom stereocenters. The zero-order chi connectivity index (χ0) is 11.4. The van der Waals surface area contributed by atoms with Gasteiger partial charge in [-0.05, 0) is 25.9 Å². The van der Waals surface area contributed by atoms with Crippen molar-refractivity contribution in [2.75, 3.05) is 52.4 Å². The average Bonchev–Trinajstić information content (AvgIpc) is 2.32. The zero-order valence-corrected chi connectivity index (χ0v) is 10.1. The molecule has 0 aliphatic carbocycles. The molecule has 2 rings (SSSR count). The molecule has 16 heavy (non-hydrogen) atoms. The number of nitrogens with two attached hydrogens (primary N) is 2. The standard InChI is InChI=1S/C11H25N5/c12-3-6-14-4-1-11(2-5-14)15-7-9-16(13)10-8-15/h11H,1-10,12-13H2. The third-order valence-corrected chi connectivity index (χ3v) is 3.87. The fourth-order valence-corrected chi connectivity index (χ4v) is 2.79. The van der Waals surface area contributed by atoms with Crippen LogP contribution >= 0.6 is 0 Å². The molecule has 4 N–H and O–H groups in total. The van der Waals surface area contributed by atoms with Crippen molar-refractivity contribution in [2.24, 2.45) is 11.6 Å². The SMILES string of the molecule is NCCN1CCC(N2CCN(N)CC2)CC1. The van der Waals surface area contributed by atoms with E-state index in [0.29, 0.717) is 0 Å². The Bertz CT molecular complexity index is 195. The van der Waals surface area contributed by atoms with Crippen molar-refractivity contribution in [1.29, 1.82) is 0 Å². The quantitative estimate of drug-likeness (QED) is 0.599. The summed E-state index contributed by atoms with van der Waals surface area (Å²) in [5.41, 5.74) is 5.58. The van der Waals surface area contributed by atoms with E-state index in [0.717, 1.165) is 45.3 Å². The highest BCUT2D eigenvalue weighted by Gasteiger charge is 2.26. The lowest BCUT2D eigenvalue weighted by molar-refractivity contribution is 0.0601. The number of hydrazine groups is 1. The van der Waals surface area contributed by atoms with Gasteiger partial charge in [0, 0.05) is 45.3 Å². The van der Waals surface area contributed by atoms with Crippen molar-refractivity contribution >= 4 is 0 Å². The lowest BCUT2D eigenvalue weighted by atomic mass is 10.0. The summed E-state index contributed by atoms with van der Waals surface area (Å²) in [5.74, 6) is 5.77. The summed E-state index contributed by atoms with van der Waals surface area (Å²) >= 11 is 0. The first kappa shape index (κ1) is 12.3. The van der Waals surface area contributed by atoms with Gasteiger partial charge in [0.2, 0.25) is 0 Å². The van der Waals surface area contributed by atoms with Crippen molar-refractivity contribution in [2.45, 2.75) is 18.9 Å². The second kappa shape index (κ2) is 5.93. The van der Waals surface area contributed by atoms with Crippen LogP contribution in [0.1, 0.15) is 12.8 Å². The Balaban J connectivity index is 1.72. The van der Waals surface area contributed by atoms with E-state index >= 15 is 0 Å². The molecule has 0 saturated carbocycles. The lowest BCUT2D eigenvalue weighted by Gasteiger charge is -2.41. The van der Waals surface area contributed by atoms with Crippen LogP contribution in [0.25, 0.3) is 0 Å². The van der Waals surface area contributed by atoms with Crippen LogP contribution in [0.15, 0.2) is 0 Å². The predicted molar refractivity (Wildman–Crippen MR) is 65.8 cm³/mol. The molecule has 2 saturated heterocycles. The Labute approximate surface area is 98.3 Å². The number of nitrogens with zero attached hydrogens (tertiary/aromatic N) is 3. The predicted octanol–water partition coefficient (Wildman–Crippen LogP) is -1.10. The first-order chi connectivity index (χ1) is 7.79. The van der Waals surface area contributed by atoms with Crippen molar-refractivity contribution < 1.29 is 0 Å².